The van der Waals surface area contributed by atoms with Gasteiger partial charge in [0.1, 0.15) is 0 Å². The van der Waals surface area contributed by atoms with Crippen LogP contribution in [-0.2, 0) is 0 Å². The lowest BCUT2D eigenvalue weighted by molar-refractivity contribution is -0.508. The Morgan fingerprint density at radius 3 is 2.56 bits per heavy atom. The quantitative estimate of drug-likeness (QED) is 0.611. The van der Waals surface area contributed by atoms with E-state index in [1.807, 2.05) is 4.58 Å². The number of carbonyl (C=O) groups is 1. The van der Waals surface area contributed by atoms with Crippen LogP contribution >= 0.6 is 23.2 Å². The van der Waals surface area contributed by atoms with Crippen LogP contribution in [0.3, 0.4) is 0 Å². The van der Waals surface area contributed by atoms with Gasteiger partial charge in [0, 0.05) is 5.02 Å². The number of carbonyl (C=O) groups excluding carboxylic acids is 1. The van der Waals surface area contributed by atoms with E-state index >= 15 is 0 Å². The predicted octanol–water partition coefficient (Wildman–Crippen LogP) is 1.84. The molecule has 6 heteroatoms. The van der Waals surface area contributed by atoms with E-state index in [2.05, 4.69) is 5.32 Å². The van der Waals surface area contributed by atoms with E-state index in [0.29, 0.717) is 21.6 Å². The minimum atomic E-state index is -0.318. The van der Waals surface area contributed by atoms with Gasteiger partial charge >= 0.3 is 11.9 Å². The summed E-state index contributed by atoms with van der Waals surface area (Å²) >= 11 is 11.7. The van der Waals surface area contributed by atoms with Gasteiger partial charge in [-0.25, -0.2) is 5.32 Å². The largest absolute Gasteiger partial charge is 0.350 e. The van der Waals surface area contributed by atoms with Crippen LogP contribution in [0.4, 0.5) is 0 Å². The number of rotatable bonds is 1. The van der Waals surface area contributed by atoms with Crippen molar-refractivity contribution >= 4 is 35.1 Å². The third-order valence-electron chi connectivity index (χ3n) is 2.86. The van der Waals surface area contributed by atoms with Crippen molar-refractivity contribution in [3.05, 3.63) is 33.8 Å². The summed E-state index contributed by atoms with van der Waals surface area (Å²) in [5.41, 5.74) is 6.20. The molecule has 1 aliphatic rings. The molecule has 0 spiro atoms. The molecule has 1 aromatic rings. The summed E-state index contributed by atoms with van der Waals surface area (Å²) in [7, 11) is 0. The summed E-state index contributed by atoms with van der Waals surface area (Å²) in [5, 5.41) is 3.46. The number of amides is 1. The molecule has 0 aliphatic carbocycles. The van der Waals surface area contributed by atoms with Crippen LogP contribution in [-0.4, -0.2) is 29.5 Å². The van der Waals surface area contributed by atoms with Crippen molar-refractivity contribution in [2.75, 3.05) is 13.1 Å². The first-order chi connectivity index (χ1) is 8.58. The molecule has 1 heterocycles. The molecule has 0 unspecified atom stereocenters. The summed E-state index contributed by atoms with van der Waals surface area (Å²) in [6.07, 6.45) is 2.19. The van der Waals surface area contributed by atoms with Crippen LogP contribution < -0.4 is 11.1 Å². The van der Waals surface area contributed by atoms with Crippen LogP contribution in [0.15, 0.2) is 18.2 Å². The lowest BCUT2D eigenvalue weighted by Crippen LogP contribution is -2.43. The first-order valence-corrected chi connectivity index (χ1v) is 6.47. The van der Waals surface area contributed by atoms with Crippen molar-refractivity contribution in [3.8, 4) is 0 Å². The molecule has 1 amide bonds. The number of hydrogen-bond acceptors (Lipinski definition) is 1. The average Bonchev–Trinajstić information content (AvgIpc) is 2.81. The standard InChI is InChI=1S/C12H13Cl2N3O/c13-8-3-4-9(10(14)7-8)11(18)16-12(15)17-5-1-2-6-17/h3-4,7H,1-2,5-6H2,(H2,15,16,18)/p+1. The van der Waals surface area contributed by atoms with Crippen LogP contribution in [0.2, 0.25) is 10.0 Å². The van der Waals surface area contributed by atoms with Crippen molar-refractivity contribution in [1.82, 2.24) is 5.32 Å². The first-order valence-electron chi connectivity index (χ1n) is 5.71. The Labute approximate surface area is 115 Å². The number of nitrogens with two attached hydrogens (primary N) is 1. The van der Waals surface area contributed by atoms with Gasteiger partial charge in [0.2, 0.25) is 0 Å². The summed E-state index contributed by atoms with van der Waals surface area (Å²) in [6, 6.07) is 4.73. The third kappa shape index (κ3) is 2.94. The molecule has 0 saturated carbocycles. The number of halogens is 2. The maximum absolute atomic E-state index is 12.0. The molecule has 96 valence electrons. The van der Waals surface area contributed by atoms with Crippen molar-refractivity contribution in [3.63, 3.8) is 0 Å². The molecule has 1 fully saturated rings. The fraction of sp³-hybridized carbons (Fsp3) is 0.333. The predicted molar refractivity (Wildman–Crippen MR) is 72.4 cm³/mol. The second kappa shape index (κ2) is 5.59. The number of nitrogens with one attached hydrogen (secondary N) is 1. The number of benzene rings is 1. The van der Waals surface area contributed by atoms with Crippen molar-refractivity contribution in [2.24, 2.45) is 5.73 Å². The average molecular weight is 287 g/mol. The van der Waals surface area contributed by atoms with Crippen LogP contribution in [0, 0.1) is 0 Å². The zero-order valence-corrected chi connectivity index (χ0v) is 11.3. The Bertz CT molecular complexity index is 506. The Morgan fingerprint density at radius 1 is 1.28 bits per heavy atom. The smallest absolute Gasteiger partial charge is 0.290 e. The first kappa shape index (κ1) is 13.2. The molecule has 0 atom stereocenters. The van der Waals surface area contributed by atoms with Gasteiger partial charge in [-0.3, -0.25) is 15.1 Å². The lowest BCUT2D eigenvalue weighted by atomic mass is 10.2. The Hall–Kier alpha value is -1.26. The number of hydrogen-bond donors (Lipinski definition) is 2. The highest BCUT2D eigenvalue weighted by atomic mass is 35.5. The zero-order chi connectivity index (χ0) is 13.1. The van der Waals surface area contributed by atoms with E-state index in [4.69, 9.17) is 28.9 Å². The van der Waals surface area contributed by atoms with Crippen molar-refractivity contribution in [2.45, 2.75) is 12.8 Å². The third-order valence-corrected chi connectivity index (χ3v) is 3.41. The molecule has 1 aliphatic heterocycles. The Morgan fingerprint density at radius 2 is 1.94 bits per heavy atom. The summed E-state index contributed by atoms with van der Waals surface area (Å²) in [5.74, 6) is 0.0598. The van der Waals surface area contributed by atoms with Gasteiger partial charge in [-0.2, -0.15) is 0 Å². The van der Waals surface area contributed by atoms with E-state index in [9.17, 15) is 4.79 Å². The molecule has 18 heavy (non-hydrogen) atoms. The van der Waals surface area contributed by atoms with E-state index in [-0.39, 0.29) is 5.91 Å². The maximum atomic E-state index is 12.0. The van der Waals surface area contributed by atoms with Gasteiger partial charge in [0.05, 0.1) is 23.7 Å². The van der Waals surface area contributed by atoms with Gasteiger partial charge in [-0.15, -0.1) is 0 Å². The summed E-state index contributed by atoms with van der Waals surface area (Å²) in [6.45, 7) is 1.75. The molecular formula is C12H14Cl2N3O+. The molecule has 4 nitrogen and oxygen atoms in total. The van der Waals surface area contributed by atoms with E-state index in [1.54, 1.807) is 12.1 Å². The normalized spacial score (nSPS) is 14.7. The second-order valence-corrected chi connectivity index (χ2v) is 5.00. The van der Waals surface area contributed by atoms with Gasteiger partial charge in [0.25, 0.3) is 0 Å². The highest BCUT2D eigenvalue weighted by molar-refractivity contribution is 6.37. The van der Waals surface area contributed by atoms with E-state index in [0.717, 1.165) is 25.9 Å². The topological polar surface area (TPSA) is 58.1 Å². The maximum Gasteiger partial charge on any atom is 0.350 e. The highest BCUT2D eigenvalue weighted by Gasteiger charge is 2.19. The van der Waals surface area contributed by atoms with Crippen LogP contribution in [0.1, 0.15) is 23.2 Å². The van der Waals surface area contributed by atoms with E-state index in [1.165, 1.54) is 6.07 Å². The molecule has 0 radical (unpaired) electrons. The van der Waals surface area contributed by atoms with Gasteiger partial charge < -0.3 is 0 Å². The van der Waals surface area contributed by atoms with Gasteiger partial charge in [0.15, 0.2) is 0 Å². The lowest BCUT2D eigenvalue weighted by Gasteiger charge is -2.05. The SMILES string of the molecule is NC(NC(=O)c1ccc(Cl)cc1Cl)=[N+]1CCCC1. The zero-order valence-electron chi connectivity index (χ0n) is 9.75. The second-order valence-electron chi connectivity index (χ2n) is 4.16. The molecule has 0 aromatic heterocycles. The van der Waals surface area contributed by atoms with Crippen LogP contribution in [0.5, 0.6) is 0 Å². The Balaban J connectivity index is 2.14. The molecule has 0 bridgehead atoms. The van der Waals surface area contributed by atoms with Gasteiger partial charge in [-0.1, -0.05) is 23.2 Å². The molecular weight excluding hydrogens is 273 g/mol. The van der Waals surface area contributed by atoms with Crippen molar-refractivity contribution < 1.29 is 9.37 Å². The van der Waals surface area contributed by atoms with Crippen molar-refractivity contribution in [1.29, 1.82) is 0 Å². The fourth-order valence-corrected chi connectivity index (χ4v) is 2.39. The molecule has 1 saturated heterocycles. The number of nitrogens with zero attached hydrogens (tertiary/aromatic N) is 1. The minimum absolute atomic E-state index is 0.314. The molecule has 2 rings (SSSR count). The monoisotopic (exact) mass is 286 g/mol. The highest BCUT2D eigenvalue weighted by Crippen LogP contribution is 2.20. The van der Waals surface area contributed by atoms with Crippen LogP contribution in [0.25, 0.3) is 0 Å². The number of guanidine groups is 1. The Kier molecular flexibility index (Phi) is 4.09. The molecule has 3 N–H and O–H groups in total. The van der Waals surface area contributed by atoms with E-state index < -0.39 is 0 Å². The molecule has 1 aromatic carbocycles. The summed E-state index contributed by atoms with van der Waals surface area (Å²) < 4.78 is 1.95. The summed E-state index contributed by atoms with van der Waals surface area (Å²) in [4.78, 5) is 12.0. The fourth-order valence-electron chi connectivity index (χ4n) is 1.89. The minimum Gasteiger partial charge on any atom is -0.290 e. The van der Waals surface area contributed by atoms with Gasteiger partial charge in [-0.05, 0) is 31.0 Å².